The van der Waals surface area contributed by atoms with Crippen molar-refractivity contribution in [3.63, 3.8) is 0 Å². The highest BCUT2D eigenvalue weighted by molar-refractivity contribution is 5.73. The van der Waals surface area contributed by atoms with E-state index in [1.807, 2.05) is 50.6 Å². The predicted molar refractivity (Wildman–Crippen MR) is 81.5 cm³/mol. The maximum absolute atomic E-state index is 6.10. The number of rotatable bonds is 3. The molecule has 1 aromatic carbocycles. The van der Waals surface area contributed by atoms with Gasteiger partial charge in [0, 0.05) is 18.8 Å². The van der Waals surface area contributed by atoms with Crippen LogP contribution in [0.3, 0.4) is 0 Å². The molecule has 0 fully saturated rings. The average Bonchev–Trinajstić information content (AvgIpc) is 3.01. The fourth-order valence-electron chi connectivity index (χ4n) is 2.30. The van der Waals surface area contributed by atoms with Gasteiger partial charge in [0.25, 0.3) is 0 Å². The summed E-state index contributed by atoms with van der Waals surface area (Å²) in [5.74, 6) is 0.808. The maximum Gasteiger partial charge on any atom is 0.119 e. The van der Waals surface area contributed by atoms with Crippen molar-refractivity contribution in [2.75, 3.05) is 12.8 Å². The smallest absolute Gasteiger partial charge is 0.119 e. The van der Waals surface area contributed by atoms with E-state index in [9.17, 15) is 0 Å². The molecule has 6 nitrogen and oxygen atoms in total. The Labute approximate surface area is 122 Å². The normalized spacial score (nSPS) is 10.8. The molecule has 0 radical (unpaired) electrons. The summed E-state index contributed by atoms with van der Waals surface area (Å²) in [5.41, 5.74) is 10.3. The summed E-state index contributed by atoms with van der Waals surface area (Å²) in [6, 6.07) is 7.65. The SMILES string of the molecule is COc1ccc(-n2cc(N)c(-c3cn(C)nc3C)n2)cc1. The third kappa shape index (κ3) is 2.35. The van der Waals surface area contributed by atoms with Gasteiger partial charge in [-0.3, -0.25) is 4.68 Å². The number of ether oxygens (including phenoxy) is 1. The first kappa shape index (κ1) is 13.2. The second-order valence-electron chi connectivity index (χ2n) is 4.88. The lowest BCUT2D eigenvalue weighted by atomic mass is 10.2. The highest BCUT2D eigenvalue weighted by atomic mass is 16.5. The lowest BCUT2D eigenvalue weighted by Crippen LogP contribution is -1.95. The quantitative estimate of drug-likeness (QED) is 0.799. The number of methoxy groups -OCH3 is 1. The maximum atomic E-state index is 6.10. The molecule has 0 amide bonds. The van der Waals surface area contributed by atoms with Gasteiger partial charge < -0.3 is 10.5 Å². The first-order valence-corrected chi connectivity index (χ1v) is 6.58. The summed E-state index contributed by atoms with van der Waals surface area (Å²) in [6.07, 6.45) is 3.73. The molecule has 3 rings (SSSR count). The molecule has 2 aromatic heterocycles. The second-order valence-corrected chi connectivity index (χ2v) is 4.88. The summed E-state index contributed by atoms with van der Waals surface area (Å²) >= 11 is 0. The first-order valence-electron chi connectivity index (χ1n) is 6.58. The molecule has 0 aliphatic rings. The number of nitrogens with zero attached hydrogens (tertiary/aromatic N) is 4. The first-order chi connectivity index (χ1) is 10.1. The van der Waals surface area contributed by atoms with Gasteiger partial charge in [-0.05, 0) is 31.2 Å². The Morgan fingerprint density at radius 1 is 1.10 bits per heavy atom. The number of aromatic nitrogens is 4. The molecule has 0 saturated heterocycles. The van der Waals surface area contributed by atoms with Gasteiger partial charge in [0.15, 0.2) is 0 Å². The number of anilines is 1. The number of hydrogen-bond donors (Lipinski definition) is 1. The predicted octanol–water partition coefficient (Wildman–Crippen LogP) is 2.17. The van der Waals surface area contributed by atoms with Gasteiger partial charge in [0.05, 0.1) is 30.4 Å². The number of hydrogen-bond acceptors (Lipinski definition) is 4. The van der Waals surface area contributed by atoms with E-state index in [1.165, 1.54) is 0 Å². The van der Waals surface area contributed by atoms with Gasteiger partial charge >= 0.3 is 0 Å². The fourth-order valence-corrected chi connectivity index (χ4v) is 2.30. The molecule has 2 heterocycles. The minimum atomic E-state index is 0.627. The molecule has 108 valence electrons. The molecule has 0 spiro atoms. The summed E-state index contributed by atoms with van der Waals surface area (Å²) < 4.78 is 8.68. The molecular formula is C15H17N5O. The van der Waals surface area contributed by atoms with Crippen LogP contribution in [0.4, 0.5) is 5.69 Å². The Hall–Kier alpha value is -2.76. The van der Waals surface area contributed by atoms with Gasteiger partial charge in [0.1, 0.15) is 11.4 Å². The van der Waals surface area contributed by atoms with Crippen LogP contribution in [0.2, 0.25) is 0 Å². The standard InChI is InChI=1S/C15H17N5O/c1-10-13(8-19(2)17-10)15-14(16)9-20(18-15)11-4-6-12(21-3)7-5-11/h4-9H,16H2,1-3H3. The molecule has 0 atom stereocenters. The molecule has 0 aliphatic heterocycles. The zero-order chi connectivity index (χ0) is 15.0. The van der Waals surface area contributed by atoms with Crippen LogP contribution in [0, 0.1) is 6.92 Å². The summed E-state index contributed by atoms with van der Waals surface area (Å²) in [7, 11) is 3.53. The van der Waals surface area contributed by atoms with E-state index in [2.05, 4.69) is 10.2 Å². The monoisotopic (exact) mass is 283 g/mol. The Morgan fingerprint density at radius 2 is 1.81 bits per heavy atom. The van der Waals surface area contributed by atoms with Gasteiger partial charge in [-0.25, -0.2) is 4.68 Å². The molecule has 6 heteroatoms. The third-order valence-corrected chi connectivity index (χ3v) is 3.35. The second kappa shape index (κ2) is 4.97. The summed E-state index contributed by atoms with van der Waals surface area (Å²) in [4.78, 5) is 0. The lowest BCUT2D eigenvalue weighted by Gasteiger charge is -2.03. The van der Waals surface area contributed by atoms with Crippen molar-refractivity contribution in [2.45, 2.75) is 6.92 Å². The zero-order valence-electron chi connectivity index (χ0n) is 12.2. The molecule has 0 unspecified atom stereocenters. The van der Waals surface area contributed by atoms with Crippen molar-refractivity contribution in [3.05, 3.63) is 42.4 Å². The number of aryl methyl sites for hydroxylation is 2. The van der Waals surface area contributed by atoms with Crippen molar-refractivity contribution in [1.82, 2.24) is 19.6 Å². The molecule has 0 bridgehead atoms. The topological polar surface area (TPSA) is 70.9 Å². The highest BCUT2D eigenvalue weighted by Gasteiger charge is 2.14. The Kier molecular flexibility index (Phi) is 3.13. The van der Waals surface area contributed by atoms with Crippen molar-refractivity contribution < 1.29 is 4.74 Å². The van der Waals surface area contributed by atoms with Crippen LogP contribution < -0.4 is 10.5 Å². The van der Waals surface area contributed by atoms with Crippen LogP contribution in [0.15, 0.2) is 36.7 Å². The lowest BCUT2D eigenvalue weighted by molar-refractivity contribution is 0.414. The van der Waals surface area contributed by atoms with Crippen molar-refractivity contribution in [3.8, 4) is 22.7 Å². The van der Waals surface area contributed by atoms with E-state index in [4.69, 9.17) is 10.5 Å². The third-order valence-electron chi connectivity index (χ3n) is 3.35. The van der Waals surface area contributed by atoms with Gasteiger partial charge in [-0.1, -0.05) is 0 Å². The number of benzene rings is 1. The van der Waals surface area contributed by atoms with E-state index >= 15 is 0 Å². The molecule has 3 aromatic rings. The molecule has 0 aliphatic carbocycles. The van der Waals surface area contributed by atoms with Gasteiger partial charge in [-0.2, -0.15) is 10.2 Å². The van der Waals surface area contributed by atoms with Crippen LogP contribution in [-0.2, 0) is 7.05 Å². The van der Waals surface area contributed by atoms with E-state index in [0.29, 0.717) is 5.69 Å². The Morgan fingerprint density at radius 3 is 2.38 bits per heavy atom. The van der Waals surface area contributed by atoms with Crippen LogP contribution >= 0.6 is 0 Å². The van der Waals surface area contributed by atoms with Crippen molar-refractivity contribution >= 4 is 5.69 Å². The minimum Gasteiger partial charge on any atom is -0.497 e. The van der Waals surface area contributed by atoms with Crippen molar-refractivity contribution in [1.29, 1.82) is 0 Å². The van der Waals surface area contributed by atoms with E-state index < -0.39 is 0 Å². The highest BCUT2D eigenvalue weighted by Crippen LogP contribution is 2.27. The van der Waals surface area contributed by atoms with Crippen molar-refractivity contribution in [2.24, 2.45) is 7.05 Å². The Balaban J connectivity index is 2.02. The zero-order valence-corrected chi connectivity index (χ0v) is 12.2. The fraction of sp³-hybridized carbons (Fsp3) is 0.200. The summed E-state index contributed by atoms with van der Waals surface area (Å²) in [5, 5.41) is 8.91. The molecule has 2 N–H and O–H groups in total. The minimum absolute atomic E-state index is 0.627. The van der Waals surface area contributed by atoms with Crippen LogP contribution in [0.25, 0.3) is 16.9 Å². The largest absolute Gasteiger partial charge is 0.497 e. The van der Waals surface area contributed by atoms with Gasteiger partial charge in [-0.15, -0.1) is 0 Å². The van der Waals surface area contributed by atoms with Gasteiger partial charge in [0.2, 0.25) is 0 Å². The van der Waals surface area contributed by atoms with Crippen LogP contribution in [0.1, 0.15) is 5.69 Å². The van der Waals surface area contributed by atoms with E-state index in [-0.39, 0.29) is 0 Å². The molecular weight excluding hydrogens is 266 g/mol. The Bertz CT molecular complexity index is 770. The average molecular weight is 283 g/mol. The molecule has 0 saturated carbocycles. The van der Waals surface area contributed by atoms with Crippen LogP contribution in [0.5, 0.6) is 5.75 Å². The van der Waals surface area contributed by atoms with Crippen LogP contribution in [-0.4, -0.2) is 26.7 Å². The number of nitrogens with two attached hydrogens (primary N) is 1. The van der Waals surface area contributed by atoms with E-state index in [1.54, 1.807) is 16.5 Å². The van der Waals surface area contributed by atoms with E-state index in [0.717, 1.165) is 28.4 Å². The number of nitrogen functional groups attached to an aromatic ring is 1. The summed E-state index contributed by atoms with van der Waals surface area (Å²) in [6.45, 7) is 1.95. The molecule has 21 heavy (non-hydrogen) atoms.